The van der Waals surface area contributed by atoms with E-state index < -0.39 is 5.91 Å². The molecule has 0 fully saturated rings. The van der Waals surface area contributed by atoms with Crippen LogP contribution >= 0.6 is 0 Å². The van der Waals surface area contributed by atoms with Gasteiger partial charge in [0, 0.05) is 38.0 Å². The molecular weight excluding hydrogens is 318 g/mol. The number of pyridine rings is 1. The number of hydrogen-bond acceptors (Lipinski definition) is 4. The summed E-state index contributed by atoms with van der Waals surface area (Å²) in [5, 5.41) is 0. The van der Waals surface area contributed by atoms with Gasteiger partial charge in [-0.25, -0.2) is 0 Å². The van der Waals surface area contributed by atoms with Gasteiger partial charge in [-0.1, -0.05) is 18.2 Å². The van der Waals surface area contributed by atoms with Crippen molar-refractivity contribution in [1.29, 1.82) is 0 Å². The first-order chi connectivity index (χ1) is 12.0. The zero-order valence-electron chi connectivity index (χ0n) is 14.1. The van der Waals surface area contributed by atoms with Gasteiger partial charge < -0.3 is 15.4 Å². The predicted molar refractivity (Wildman–Crippen MR) is 95.7 cm³/mol. The van der Waals surface area contributed by atoms with Crippen molar-refractivity contribution in [2.45, 2.75) is 6.42 Å². The minimum absolute atomic E-state index is 0.0787. The monoisotopic (exact) mass is 339 g/mol. The van der Waals surface area contributed by atoms with E-state index >= 15 is 0 Å². The van der Waals surface area contributed by atoms with Crippen molar-refractivity contribution in [2.75, 3.05) is 20.2 Å². The Hall–Kier alpha value is -3.15. The molecule has 1 aromatic heterocycles. The molecule has 0 bridgehead atoms. The SMILES string of the molecule is CN(CCc1ccccn1)C(=O)/C=C/c1ccc(OCC(N)=O)cc1. The van der Waals surface area contributed by atoms with Crippen LogP contribution in [-0.4, -0.2) is 41.9 Å². The third-order valence-corrected chi connectivity index (χ3v) is 3.49. The Labute approximate surface area is 146 Å². The largest absolute Gasteiger partial charge is 0.484 e. The van der Waals surface area contributed by atoms with Crippen LogP contribution in [0, 0.1) is 0 Å². The van der Waals surface area contributed by atoms with Crippen LogP contribution in [0.2, 0.25) is 0 Å². The maximum absolute atomic E-state index is 12.1. The highest BCUT2D eigenvalue weighted by Gasteiger charge is 2.05. The second-order valence-electron chi connectivity index (χ2n) is 5.49. The molecule has 0 atom stereocenters. The Kier molecular flexibility index (Phi) is 6.71. The summed E-state index contributed by atoms with van der Waals surface area (Å²) < 4.78 is 5.18. The van der Waals surface area contributed by atoms with Crippen molar-refractivity contribution >= 4 is 17.9 Å². The summed E-state index contributed by atoms with van der Waals surface area (Å²) in [6, 6.07) is 12.8. The lowest BCUT2D eigenvalue weighted by Crippen LogP contribution is -2.27. The number of carbonyl (C=O) groups excluding carboxylic acids is 2. The van der Waals surface area contributed by atoms with Crippen molar-refractivity contribution in [3.05, 3.63) is 66.0 Å². The number of aromatic nitrogens is 1. The topological polar surface area (TPSA) is 85.5 Å². The van der Waals surface area contributed by atoms with Gasteiger partial charge in [-0.2, -0.15) is 0 Å². The van der Waals surface area contributed by atoms with Gasteiger partial charge in [0.05, 0.1) is 0 Å². The maximum atomic E-state index is 12.1. The van der Waals surface area contributed by atoms with Crippen molar-refractivity contribution in [2.24, 2.45) is 5.73 Å². The fraction of sp³-hybridized carbons (Fsp3) is 0.211. The number of benzene rings is 1. The molecule has 0 aliphatic heterocycles. The molecule has 0 aliphatic carbocycles. The van der Waals surface area contributed by atoms with Gasteiger partial charge >= 0.3 is 0 Å². The highest BCUT2D eigenvalue weighted by Crippen LogP contribution is 2.13. The second kappa shape index (κ2) is 9.22. The van der Waals surface area contributed by atoms with Gasteiger partial charge in [-0.3, -0.25) is 14.6 Å². The Morgan fingerprint density at radius 2 is 1.96 bits per heavy atom. The molecule has 6 nitrogen and oxygen atoms in total. The Morgan fingerprint density at radius 1 is 1.20 bits per heavy atom. The molecule has 0 radical (unpaired) electrons. The van der Waals surface area contributed by atoms with E-state index in [1.165, 1.54) is 6.08 Å². The van der Waals surface area contributed by atoms with Crippen LogP contribution in [0.3, 0.4) is 0 Å². The maximum Gasteiger partial charge on any atom is 0.255 e. The zero-order valence-corrected chi connectivity index (χ0v) is 14.1. The lowest BCUT2D eigenvalue weighted by atomic mass is 10.2. The normalized spacial score (nSPS) is 10.6. The number of carbonyl (C=O) groups is 2. The van der Waals surface area contributed by atoms with Gasteiger partial charge in [-0.15, -0.1) is 0 Å². The molecule has 0 unspecified atom stereocenters. The molecule has 2 aromatic rings. The Morgan fingerprint density at radius 3 is 2.60 bits per heavy atom. The van der Waals surface area contributed by atoms with Gasteiger partial charge in [0.2, 0.25) is 5.91 Å². The average Bonchev–Trinajstić information content (AvgIpc) is 2.64. The second-order valence-corrected chi connectivity index (χ2v) is 5.49. The van der Waals surface area contributed by atoms with Crippen molar-refractivity contribution in [3.8, 4) is 5.75 Å². The minimum atomic E-state index is -0.525. The van der Waals surface area contributed by atoms with E-state index in [0.29, 0.717) is 18.7 Å². The number of primary amides is 1. The standard InChI is InChI=1S/C19H21N3O3/c1-22(13-11-16-4-2-3-12-21-16)19(24)10-7-15-5-8-17(9-6-15)25-14-18(20)23/h2-10,12H,11,13-14H2,1H3,(H2,20,23)/b10-7+. The zero-order chi connectivity index (χ0) is 18.1. The highest BCUT2D eigenvalue weighted by molar-refractivity contribution is 5.91. The molecular formula is C19H21N3O3. The third-order valence-electron chi connectivity index (χ3n) is 3.49. The molecule has 0 spiro atoms. The van der Waals surface area contributed by atoms with Crippen LogP contribution in [0.1, 0.15) is 11.3 Å². The number of amides is 2. The Balaban J connectivity index is 1.83. The molecule has 6 heteroatoms. The van der Waals surface area contributed by atoms with Crippen LogP contribution in [0.15, 0.2) is 54.7 Å². The lowest BCUT2D eigenvalue weighted by molar-refractivity contribution is -0.124. The quantitative estimate of drug-likeness (QED) is 0.741. The highest BCUT2D eigenvalue weighted by atomic mass is 16.5. The molecule has 2 N–H and O–H groups in total. The van der Waals surface area contributed by atoms with Crippen LogP contribution < -0.4 is 10.5 Å². The van der Waals surface area contributed by atoms with E-state index in [2.05, 4.69) is 4.98 Å². The van der Waals surface area contributed by atoms with E-state index in [1.54, 1.807) is 48.5 Å². The number of ether oxygens (including phenoxy) is 1. The van der Waals surface area contributed by atoms with Crippen molar-refractivity contribution < 1.29 is 14.3 Å². The number of nitrogens with two attached hydrogens (primary N) is 1. The fourth-order valence-corrected chi connectivity index (χ4v) is 2.06. The van der Waals surface area contributed by atoms with Crippen LogP contribution in [0.4, 0.5) is 0 Å². The van der Waals surface area contributed by atoms with Crippen LogP contribution in [-0.2, 0) is 16.0 Å². The van der Waals surface area contributed by atoms with E-state index in [1.807, 2.05) is 18.2 Å². The molecule has 0 aliphatic rings. The molecule has 1 aromatic carbocycles. The van der Waals surface area contributed by atoms with E-state index in [0.717, 1.165) is 11.3 Å². The molecule has 0 saturated heterocycles. The summed E-state index contributed by atoms with van der Waals surface area (Å²) in [4.78, 5) is 28.7. The molecule has 0 saturated carbocycles. The molecule has 25 heavy (non-hydrogen) atoms. The molecule has 2 rings (SSSR count). The summed E-state index contributed by atoms with van der Waals surface area (Å²) in [7, 11) is 1.76. The third kappa shape index (κ3) is 6.47. The number of likely N-dealkylation sites (N-methyl/N-ethyl adjacent to an activating group) is 1. The molecule has 1 heterocycles. The van der Waals surface area contributed by atoms with E-state index in [-0.39, 0.29) is 12.5 Å². The van der Waals surface area contributed by atoms with Gasteiger partial charge in [-0.05, 0) is 35.9 Å². The molecule has 130 valence electrons. The minimum Gasteiger partial charge on any atom is -0.484 e. The first kappa shape index (κ1) is 18.2. The van der Waals surface area contributed by atoms with Crippen LogP contribution in [0.5, 0.6) is 5.75 Å². The summed E-state index contributed by atoms with van der Waals surface area (Å²) in [5.41, 5.74) is 6.84. The van der Waals surface area contributed by atoms with Crippen molar-refractivity contribution in [1.82, 2.24) is 9.88 Å². The summed E-state index contributed by atoms with van der Waals surface area (Å²) >= 11 is 0. The summed E-state index contributed by atoms with van der Waals surface area (Å²) in [6.07, 6.45) is 5.71. The average molecular weight is 339 g/mol. The fourth-order valence-electron chi connectivity index (χ4n) is 2.06. The van der Waals surface area contributed by atoms with E-state index in [9.17, 15) is 9.59 Å². The first-order valence-corrected chi connectivity index (χ1v) is 7.89. The summed E-state index contributed by atoms with van der Waals surface area (Å²) in [6.45, 7) is 0.439. The number of hydrogen-bond donors (Lipinski definition) is 1. The van der Waals surface area contributed by atoms with Crippen molar-refractivity contribution in [3.63, 3.8) is 0 Å². The first-order valence-electron chi connectivity index (χ1n) is 7.89. The predicted octanol–water partition coefficient (Wildman–Crippen LogP) is 1.66. The van der Waals surface area contributed by atoms with Gasteiger partial charge in [0.25, 0.3) is 5.91 Å². The van der Waals surface area contributed by atoms with Gasteiger partial charge in [0.1, 0.15) is 5.75 Å². The number of rotatable bonds is 8. The van der Waals surface area contributed by atoms with Crippen LogP contribution in [0.25, 0.3) is 6.08 Å². The molecule has 2 amide bonds. The number of nitrogens with zero attached hydrogens (tertiary/aromatic N) is 2. The van der Waals surface area contributed by atoms with Gasteiger partial charge in [0.15, 0.2) is 6.61 Å². The Bertz CT molecular complexity index is 727. The smallest absolute Gasteiger partial charge is 0.255 e. The van der Waals surface area contributed by atoms with E-state index in [4.69, 9.17) is 10.5 Å². The summed E-state index contributed by atoms with van der Waals surface area (Å²) in [5.74, 6) is -0.0527. The lowest BCUT2D eigenvalue weighted by Gasteiger charge is -2.14.